The number of amides is 1. The van der Waals surface area contributed by atoms with Crippen LogP contribution in [0.15, 0.2) is 36.5 Å². The first-order valence-electron chi connectivity index (χ1n) is 9.06. The average Bonchev–Trinajstić information content (AvgIpc) is 3.30. The van der Waals surface area contributed by atoms with Crippen LogP contribution in [0.1, 0.15) is 40.6 Å². The van der Waals surface area contributed by atoms with Gasteiger partial charge in [-0.25, -0.2) is 9.36 Å². The van der Waals surface area contributed by atoms with E-state index in [1.165, 1.54) is 0 Å². The molecule has 0 aliphatic carbocycles. The standard InChI is InChI=1S/C18H22N8O/c1-25-18(20-16(23-25)14-7-9-19-10-8-14)21-17(27)15-12-26(24-22-15)11-13-5-3-2-4-6-13/h2-6,12,14,19H,7-11H2,1H3,(H,20,21,23,27). The molecule has 0 atom stereocenters. The highest BCUT2D eigenvalue weighted by Crippen LogP contribution is 2.23. The van der Waals surface area contributed by atoms with E-state index in [0.29, 0.717) is 18.4 Å². The zero-order valence-corrected chi connectivity index (χ0v) is 15.2. The third-order valence-electron chi connectivity index (χ3n) is 4.67. The van der Waals surface area contributed by atoms with Crippen LogP contribution in [0.4, 0.5) is 5.95 Å². The Bertz CT molecular complexity index is 911. The molecule has 140 valence electrons. The van der Waals surface area contributed by atoms with E-state index in [1.807, 2.05) is 30.3 Å². The van der Waals surface area contributed by atoms with Gasteiger partial charge in [-0.05, 0) is 31.5 Å². The number of rotatable bonds is 5. The molecular weight excluding hydrogens is 344 g/mol. The molecule has 9 nitrogen and oxygen atoms in total. The minimum atomic E-state index is -0.346. The lowest BCUT2D eigenvalue weighted by Gasteiger charge is -2.19. The van der Waals surface area contributed by atoms with Crippen molar-refractivity contribution >= 4 is 11.9 Å². The topological polar surface area (TPSA) is 103 Å². The third kappa shape index (κ3) is 4.03. The van der Waals surface area contributed by atoms with Gasteiger partial charge in [-0.2, -0.15) is 10.1 Å². The molecule has 0 spiro atoms. The van der Waals surface area contributed by atoms with Gasteiger partial charge in [0.15, 0.2) is 11.5 Å². The molecule has 0 bridgehead atoms. The van der Waals surface area contributed by atoms with Crippen molar-refractivity contribution in [2.24, 2.45) is 7.05 Å². The van der Waals surface area contributed by atoms with Crippen molar-refractivity contribution in [3.63, 3.8) is 0 Å². The maximum atomic E-state index is 12.5. The maximum absolute atomic E-state index is 12.5. The van der Waals surface area contributed by atoms with Crippen molar-refractivity contribution < 1.29 is 4.79 Å². The highest BCUT2D eigenvalue weighted by molar-refractivity contribution is 6.01. The minimum Gasteiger partial charge on any atom is -0.317 e. The molecule has 3 heterocycles. The van der Waals surface area contributed by atoms with E-state index in [4.69, 9.17) is 0 Å². The first kappa shape index (κ1) is 17.3. The highest BCUT2D eigenvalue weighted by Gasteiger charge is 2.22. The number of hydrogen-bond donors (Lipinski definition) is 2. The Hall–Kier alpha value is -3.07. The van der Waals surface area contributed by atoms with E-state index in [9.17, 15) is 4.79 Å². The Morgan fingerprint density at radius 2 is 2.04 bits per heavy atom. The molecule has 1 aliphatic rings. The monoisotopic (exact) mass is 366 g/mol. The van der Waals surface area contributed by atoms with Gasteiger partial charge in [0.1, 0.15) is 0 Å². The summed E-state index contributed by atoms with van der Waals surface area (Å²) in [5.41, 5.74) is 1.34. The Morgan fingerprint density at radius 3 is 2.81 bits per heavy atom. The number of piperidine rings is 1. The van der Waals surface area contributed by atoms with Crippen LogP contribution in [0.3, 0.4) is 0 Å². The van der Waals surface area contributed by atoms with Crippen molar-refractivity contribution in [2.45, 2.75) is 25.3 Å². The zero-order valence-electron chi connectivity index (χ0n) is 15.2. The van der Waals surface area contributed by atoms with Gasteiger partial charge in [-0.15, -0.1) is 5.10 Å². The van der Waals surface area contributed by atoms with Crippen LogP contribution in [-0.2, 0) is 13.6 Å². The van der Waals surface area contributed by atoms with Gasteiger partial charge in [0.05, 0.1) is 12.7 Å². The molecule has 9 heteroatoms. The number of aromatic nitrogens is 6. The quantitative estimate of drug-likeness (QED) is 0.703. The van der Waals surface area contributed by atoms with Crippen LogP contribution < -0.4 is 10.6 Å². The predicted molar refractivity (Wildman–Crippen MR) is 99.4 cm³/mol. The molecule has 2 N–H and O–H groups in total. The number of anilines is 1. The fraction of sp³-hybridized carbons (Fsp3) is 0.389. The van der Waals surface area contributed by atoms with Crippen LogP contribution in [0.5, 0.6) is 0 Å². The number of nitrogens with one attached hydrogen (secondary N) is 2. The summed E-state index contributed by atoms with van der Waals surface area (Å²) in [5, 5.41) is 18.6. The van der Waals surface area contributed by atoms with Crippen LogP contribution in [0.25, 0.3) is 0 Å². The maximum Gasteiger partial charge on any atom is 0.280 e. The Balaban J connectivity index is 1.42. The minimum absolute atomic E-state index is 0.248. The Morgan fingerprint density at radius 1 is 1.26 bits per heavy atom. The number of carbonyl (C=O) groups is 1. The summed E-state index contributed by atoms with van der Waals surface area (Å²) in [6.07, 6.45) is 3.64. The molecule has 1 amide bonds. The summed E-state index contributed by atoms with van der Waals surface area (Å²) >= 11 is 0. The van der Waals surface area contributed by atoms with Crippen molar-refractivity contribution in [1.29, 1.82) is 0 Å². The fourth-order valence-corrected chi connectivity index (χ4v) is 3.18. The second-order valence-corrected chi connectivity index (χ2v) is 6.68. The number of hydrogen-bond acceptors (Lipinski definition) is 6. The highest BCUT2D eigenvalue weighted by atomic mass is 16.2. The van der Waals surface area contributed by atoms with E-state index in [1.54, 1.807) is 22.6 Å². The second kappa shape index (κ2) is 7.67. The normalized spacial score (nSPS) is 15.0. The molecule has 0 radical (unpaired) electrons. The van der Waals surface area contributed by atoms with Gasteiger partial charge in [0.2, 0.25) is 5.95 Å². The molecule has 1 fully saturated rings. The summed E-state index contributed by atoms with van der Waals surface area (Å²) in [6.45, 7) is 2.50. The molecule has 0 unspecified atom stereocenters. The zero-order chi connectivity index (χ0) is 18.6. The first-order valence-corrected chi connectivity index (χ1v) is 9.06. The molecule has 4 rings (SSSR count). The van der Waals surface area contributed by atoms with Crippen LogP contribution in [-0.4, -0.2) is 48.8 Å². The van der Waals surface area contributed by atoms with Crippen molar-refractivity contribution in [2.75, 3.05) is 18.4 Å². The average molecular weight is 366 g/mol. The van der Waals surface area contributed by atoms with E-state index in [0.717, 1.165) is 37.3 Å². The largest absolute Gasteiger partial charge is 0.317 e. The lowest BCUT2D eigenvalue weighted by molar-refractivity contribution is 0.102. The van der Waals surface area contributed by atoms with E-state index in [2.05, 4.69) is 31.0 Å². The molecule has 2 aromatic heterocycles. The van der Waals surface area contributed by atoms with Gasteiger partial charge in [0.25, 0.3) is 5.91 Å². The summed E-state index contributed by atoms with van der Waals surface area (Å²) in [4.78, 5) is 17.0. The van der Waals surface area contributed by atoms with E-state index >= 15 is 0 Å². The number of aryl methyl sites for hydroxylation is 1. The molecular formula is C18H22N8O. The Kier molecular flexibility index (Phi) is 4.93. The predicted octanol–water partition coefficient (Wildman–Crippen LogP) is 1.17. The molecule has 1 saturated heterocycles. The number of nitrogens with zero attached hydrogens (tertiary/aromatic N) is 6. The molecule has 0 saturated carbocycles. The van der Waals surface area contributed by atoms with Gasteiger partial charge in [0, 0.05) is 13.0 Å². The first-order chi connectivity index (χ1) is 13.2. The van der Waals surface area contributed by atoms with Crippen molar-refractivity contribution in [1.82, 2.24) is 35.1 Å². The smallest absolute Gasteiger partial charge is 0.280 e. The van der Waals surface area contributed by atoms with Gasteiger partial charge < -0.3 is 5.32 Å². The molecule has 3 aromatic rings. The van der Waals surface area contributed by atoms with E-state index in [-0.39, 0.29) is 11.6 Å². The van der Waals surface area contributed by atoms with Gasteiger partial charge in [-0.1, -0.05) is 35.5 Å². The summed E-state index contributed by atoms with van der Waals surface area (Å²) in [5.74, 6) is 1.18. The molecule has 27 heavy (non-hydrogen) atoms. The van der Waals surface area contributed by atoms with Crippen LogP contribution in [0.2, 0.25) is 0 Å². The SMILES string of the molecule is Cn1nc(C2CCNCC2)nc1NC(=O)c1cn(Cc2ccccc2)nn1. The molecule has 1 aliphatic heterocycles. The van der Waals surface area contributed by atoms with Crippen molar-refractivity contribution in [3.05, 3.63) is 53.6 Å². The molecule has 1 aromatic carbocycles. The summed E-state index contributed by atoms with van der Waals surface area (Å²) < 4.78 is 3.24. The van der Waals surface area contributed by atoms with E-state index < -0.39 is 0 Å². The summed E-state index contributed by atoms with van der Waals surface area (Å²) in [7, 11) is 1.78. The third-order valence-corrected chi connectivity index (χ3v) is 4.67. The van der Waals surface area contributed by atoms with Gasteiger partial charge >= 0.3 is 0 Å². The van der Waals surface area contributed by atoms with Crippen molar-refractivity contribution in [3.8, 4) is 0 Å². The lowest BCUT2D eigenvalue weighted by atomic mass is 9.98. The second-order valence-electron chi connectivity index (χ2n) is 6.68. The lowest BCUT2D eigenvalue weighted by Crippen LogP contribution is -2.27. The Labute approximate surface area is 156 Å². The fourth-order valence-electron chi connectivity index (χ4n) is 3.18. The van der Waals surface area contributed by atoms with Gasteiger partial charge in [-0.3, -0.25) is 10.1 Å². The number of benzene rings is 1. The van der Waals surface area contributed by atoms with Crippen LogP contribution in [0, 0.1) is 0 Å². The summed E-state index contributed by atoms with van der Waals surface area (Å²) in [6, 6.07) is 9.90. The van der Waals surface area contributed by atoms with Crippen LogP contribution >= 0.6 is 0 Å². The number of carbonyl (C=O) groups excluding carboxylic acids is 1.